The van der Waals surface area contributed by atoms with Gasteiger partial charge in [0.2, 0.25) is 0 Å². The summed E-state index contributed by atoms with van der Waals surface area (Å²) in [5, 5.41) is 28.1. The predicted octanol–water partition coefficient (Wildman–Crippen LogP) is 0.874. The number of fused-ring (bicyclic) bond motifs is 1. The van der Waals surface area contributed by atoms with Gasteiger partial charge in [0.15, 0.2) is 0 Å². The van der Waals surface area contributed by atoms with Gasteiger partial charge in [-0.05, 0) is 29.8 Å². The Morgan fingerprint density at radius 1 is 0.870 bits per heavy atom. The molecule has 2 aromatic rings. The predicted molar refractivity (Wildman–Crippen MR) is 82.1 cm³/mol. The zero-order valence-electron chi connectivity index (χ0n) is 12.1. The molecule has 0 saturated carbocycles. The number of hydrogen-bond donors (Lipinski definition) is 3. The van der Waals surface area contributed by atoms with E-state index in [1.807, 2.05) is 0 Å². The molecule has 2 unspecified atom stereocenters. The molecule has 1 heterocycles. The maximum atomic E-state index is 12.4. The average Bonchev–Trinajstić information content (AvgIpc) is 2.85. The van der Waals surface area contributed by atoms with Crippen LogP contribution < -0.4 is 4.90 Å². The number of aliphatic hydroxyl groups excluding tert-OH is 3. The third-order valence-electron chi connectivity index (χ3n) is 3.84. The molecule has 0 bridgehead atoms. The first-order chi connectivity index (χ1) is 11.0. The van der Waals surface area contributed by atoms with Crippen LogP contribution in [0.4, 0.5) is 5.69 Å². The summed E-state index contributed by atoms with van der Waals surface area (Å²) in [7, 11) is 0. The van der Waals surface area contributed by atoms with Gasteiger partial charge in [0.05, 0.1) is 23.4 Å². The number of amides is 2. The maximum Gasteiger partial charge on any atom is 0.266 e. The molecule has 3 rings (SSSR count). The summed E-state index contributed by atoms with van der Waals surface area (Å²) >= 11 is 0. The van der Waals surface area contributed by atoms with Crippen LogP contribution in [0.5, 0.6) is 0 Å². The van der Waals surface area contributed by atoms with Crippen LogP contribution in [-0.2, 0) is 0 Å². The molecule has 0 aromatic heterocycles. The molecule has 3 N–H and O–H groups in total. The molecule has 0 spiro atoms. The van der Waals surface area contributed by atoms with E-state index in [9.17, 15) is 19.8 Å². The van der Waals surface area contributed by atoms with Crippen LogP contribution in [0.3, 0.4) is 0 Å². The molecule has 0 aliphatic carbocycles. The summed E-state index contributed by atoms with van der Waals surface area (Å²) < 4.78 is 0. The monoisotopic (exact) mass is 313 g/mol. The number of carbonyl (C=O) groups excluding carboxylic acids is 2. The van der Waals surface area contributed by atoms with Gasteiger partial charge in [-0.2, -0.15) is 0 Å². The van der Waals surface area contributed by atoms with Gasteiger partial charge in [0, 0.05) is 0 Å². The van der Waals surface area contributed by atoms with Crippen molar-refractivity contribution in [2.24, 2.45) is 0 Å². The Morgan fingerprint density at radius 3 is 1.87 bits per heavy atom. The van der Waals surface area contributed by atoms with Crippen molar-refractivity contribution in [1.29, 1.82) is 0 Å². The van der Waals surface area contributed by atoms with E-state index in [4.69, 9.17) is 5.11 Å². The standard InChI is InChI=1S/C17H15NO5/c19-9-14(20)15(21)10-5-7-11(8-6-10)18-16(22)12-3-1-2-4-13(12)17(18)23/h1-8,14-15,19-21H,9H2. The zero-order valence-corrected chi connectivity index (χ0v) is 12.1. The van der Waals surface area contributed by atoms with Gasteiger partial charge in [-0.15, -0.1) is 0 Å². The SMILES string of the molecule is O=C1c2ccccc2C(=O)N1c1ccc(C(O)C(O)CO)cc1. The summed E-state index contributed by atoms with van der Waals surface area (Å²) in [5.41, 5.74) is 1.48. The second-order valence-electron chi connectivity index (χ2n) is 5.28. The van der Waals surface area contributed by atoms with Crippen molar-refractivity contribution in [1.82, 2.24) is 0 Å². The topological polar surface area (TPSA) is 98.1 Å². The molecule has 0 saturated heterocycles. The molecule has 0 radical (unpaired) electrons. The van der Waals surface area contributed by atoms with Crippen molar-refractivity contribution in [2.75, 3.05) is 11.5 Å². The largest absolute Gasteiger partial charge is 0.394 e. The van der Waals surface area contributed by atoms with E-state index in [2.05, 4.69) is 0 Å². The van der Waals surface area contributed by atoms with Gasteiger partial charge < -0.3 is 15.3 Å². The first-order valence-corrected chi connectivity index (χ1v) is 7.09. The lowest BCUT2D eigenvalue weighted by atomic mass is 10.0. The van der Waals surface area contributed by atoms with Crippen LogP contribution in [0, 0.1) is 0 Å². The quantitative estimate of drug-likeness (QED) is 0.728. The number of nitrogens with zero attached hydrogens (tertiary/aromatic N) is 1. The summed E-state index contributed by atoms with van der Waals surface area (Å²) in [4.78, 5) is 25.8. The maximum absolute atomic E-state index is 12.4. The van der Waals surface area contributed by atoms with E-state index in [0.717, 1.165) is 4.90 Å². The van der Waals surface area contributed by atoms with Gasteiger partial charge in [-0.3, -0.25) is 9.59 Å². The highest BCUT2D eigenvalue weighted by Gasteiger charge is 2.36. The Hall–Kier alpha value is -2.54. The average molecular weight is 313 g/mol. The van der Waals surface area contributed by atoms with E-state index in [-0.39, 0.29) is 0 Å². The van der Waals surface area contributed by atoms with Crippen LogP contribution in [-0.4, -0.2) is 39.8 Å². The highest BCUT2D eigenvalue weighted by atomic mass is 16.4. The van der Waals surface area contributed by atoms with Crippen molar-refractivity contribution in [2.45, 2.75) is 12.2 Å². The van der Waals surface area contributed by atoms with E-state index in [0.29, 0.717) is 22.4 Å². The minimum atomic E-state index is -1.29. The van der Waals surface area contributed by atoms with Gasteiger partial charge in [-0.1, -0.05) is 24.3 Å². The van der Waals surface area contributed by atoms with E-state index in [1.165, 1.54) is 24.3 Å². The van der Waals surface area contributed by atoms with Crippen molar-refractivity contribution < 1.29 is 24.9 Å². The Labute approximate surface area is 132 Å². The molecule has 118 valence electrons. The van der Waals surface area contributed by atoms with Crippen molar-refractivity contribution in [3.05, 3.63) is 65.2 Å². The first kappa shape index (κ1) is 15.4. The fraction of sp³-hybridized carbons (Fsp3) is 0.176. The molecule has 2 amide bonds. The fourth-order valence-corrected chi connectivity index (χ4v) is 2.57. The molecule has 23 heavy (non-hydrogen) atoms. The Morgan fingerprint density at radius 2 is 1.39 bits per heavy atom. The molecular formula is C17H15NO5. The van der Waals surface area contributed by atoms with Crippen molar-refractivity contribution in [3.63, 3.8) is 0 Å². The summed E-state index contributed by atoms with van der Waals surface area (Å²) in [6.07, 6.45) is -2.53. The van der Waals surface area contributed by atoms with Crippen molar-refractivity contribution in [3.8, 4) is 0 Å². The second kappa shape index (κ2) is 5.92. The third kappa shape index (κ3) is 2.53. The van der Waals surface area contributed by atoms with E-state index in [1.54, 1.807) is 24.3 Å². The minimum absolute atomic E-state index is 0.359. The van der Waals surface area contributed by atoms with Crippen LogP contribution in [0.2, 0.25) is 0 Å². The number of imide groups is 1. The van der Waals surface area contributed by atoms with Crippen LogP contribution in [0.1, 0.15) is 32.4 Å². The number of rotatable bonds is 4. The Balaban J connectivity index is 1.89. The smallest absolute Gasteiger partial charge is 0.266 e. The molecule has 1 aliphatic rings. The second-order valence-corrected chi connectivity index (χ2v) is 5.28. The van der Waals surface area contributed by atoms with Crippen LogP contribution in [0.25, 0.3) is 0 Å². The number of aliphatic hydroxyl groups is 3. The van der Waals surface area contributed by atoms with Crippen molar-refractivity contribution >= 4 is 17.5 Å². The van der Waals surface area contributed by atoms with E-state index < -0.39 is 30.6 Å². The summed E-state index contributed by atoms with van der Waals surface area (Å²) in [5.74, 6) is -0.788. The highest BCUT2D eigenvalue weighted by molar-refractivity contribution is 6.34. The zero-order chi connectivity index (χ0) is 16.6. The normalized spacial score (nSPS) is 16.4. The minimum Gasteiger partial charge on any atom is -0.394 e. The lowest BCUT2D eigenvalue weighted by molar-refractivity contribution is -0.0152. The molecule has 0 fully saturated rings. The summed E-state index contributed by atoms with van der Waals surface area (Å²) in [6, 6.07) is 12.6. The molecule has 2 atom stereocenters. The lowest BCUT2D eigenvalue weighted by Crippen LogP contribution is -2.29. The highest BCUT2D eigenvalue weighted by Crippen LogP contribution is 2.29. The molecule has 2 aromatic carbocycles. The Kier molecular flexibility index (Phi) is 3.96. The summed E-state index contributed by atoms with van der Waals surface area (Å²) in [6.45, 7) is -0.568. The lowest BCUT2D eigenvalue weighted by Gasteiger charge is -2.18. The molecule has 1 aliphatic heterocycles. The number of carbonyl (C=O) groups is 2. The van der Waals surface area contributed by atoms with Gasteiger partial charge >= 0.3 is 0 Å². The van der Waals surface area contributed by atoms with Gasteiger partial charge in [0.1, 0.15) is 12.2 Å². The number of anilines is 1. The fourth-order valence-electron chi connectivity index (χ4n) is 2.57. The van der Waals surface area contributed by atoms with Crippen LogP contribution >= 0.6 is 0 Å². The van der Waals surface area contributed by atoms with Gasteiger partial charge in [0.25, 0.3) is 11.8 Å². The Bertz CT molecular complexity index is 721. The number of hydrogen-bond acceptors (Lipinski definition) is 5. The van der Waals surface area contributed by atoms with E-state index >= 15 is 0 Å². The van der Waals surface area contributed by atoms with Crippen LogP contribution in [0.15, 0.2) is 48.5 Å². The molecular weight excluding hydrogens is 298 g/mol. The molecule has 6 nitrogen and oxygen atoms in total. The number of benzene rings is 2. The molecule has 6 heteroatoms. The third-order valence-corrected chi connectivity index (χ3v) is 3.84. The first-order valence-electron chi connectivity index (χ1n) is 7.09. The van der Waals surface area contributed by atoms with Gasteiger partial charge in [-0.25, -0.2) is 4.90 Å².